The summed E-state index contributed by atoms with van der Waals surface area (Å²) in [6, 6.07) is 9.77. The molecule has 1 N–H and O–H groups in total. The van der Waals surface area contributed by atoms with Crippen LogP contribution in [0, 0.1) is 0 Å². The second-order valence-electron chi connectivity index (χ2n) is 5.58. The quantitative estimate of drug-likeness (QED) is 0.866. The number of hydrogen-bond acceptors (Lipinski definition) is 4. The minimum atomic E-state index is -3.57. The predicted octanol–water partition coefficient (Wildman–Crippen LogP) is 3.05. The van der Waals surface area contributed by atoms with Crippen molar-refractivity contribution in [2.75, 3.05) is 19.6 Å². The molecule has 1 aliphatic rings. The van der Waals surface area contributed by atoms with E-state index in [1.807, 2.05) is 12.1 Å². The molecule has 0 amide bonds. The molecule has 1 aromatic carbocycles. The van der Waals surface area contributed by atoms with Crippen LogP contribution in [0.4, 0.5) is 0 Å². The Bertz CT molecular complexity index is 723. The van der Waals surface area contributed by atoms with Crippen molar-refractivity contribution in [3.8, 4) is 0 Å². The lowest BCUT2D eigenvalue weighted by molar-refractivity contribution is 0.216. The molecule has 0 unspecified atom stereocenters. The molecular weight excluding hydrogens is 336 g/mol. The zero-order valence-corrected chi connectivity index (χ0v) is 14.2. The molecule has 0 radical (unpaired) electrons. The molecule has 1 aromatic heterocycles. The highest BCUT2D eigenvalue weighted by molar-refractivity contribution is 7.89. The first kappa shape index (κ1) is 16.5. The van der Waals surface area contributed by atoms with Crippen molar-refractivity contribution in [3.63, 3.8) is 0 Å². The number of hydrogen-bond donors (Lipinski definition) is 1. The number of nitrogens with one attached hydrogen (secondary N) is 1. The zero-order valence-electron chi connectivity index (χ0n) is 12.6. The van der Waals surface area contributed by atoms with Crippen LogP contribution in [-0.4, -0.2) is 33.0 Å². The number of nitrogens with zero attached hydrogens (tertiary/aromatic N) is 1. The predicted molar refractivity (Wildman–Crippen MR) is 88.9 cm³/mol. The highest BCUT2D eigenvalue weighted by atomic mass is 35.5. The Balaban J connectivity index is 1.74. The van der Waals surface area contributed by atoms with E-state index in [2.05, 4.69) is 9.62 Å². The molecule has 1 saturated heterocycles. The Labute approximate surface area is 141 Å². The van der Waals surface area contributed by atoms with E-state index in [9.17, 15) is 8.42 Å². The fraction of sp³-hybridized carbons (Fsp3) is 0.375. The van der Waals surface area contributed by atoms with Gasteiger partial charge in [0.25, 0.3) is 0 Å². The first-order valence-corrected chi connectivity index (χ1v) is 9.45. The molecule has 23 heavy (non-hydrogen) atoms. The summed E-state index contributed by atoms with van der Waals surface area (Å²) in [6.45, 7) is 2.18. The van der Waals surface area contributed by atoms with Crippen LogP contribution >= 0.6 is 11.6 Å². The van der Waals surface area contributed by atoms with Crippen molar-refractivity contribution < 1.29 is 12.8 Å². The van der Waals surface area contributed by atoms with E-state index in [1.54, 1.807) is 18.4 Å². The van der Waals surface area contributed by atoms with Gasteiger partial charge < -0.3 is 4.42 Å². The average Bonchev–Trinajstić information content (AvgIpc) is 3.21. The monoisotopic (exact) mass is 354 g/mol. The van der Waals surface area contributed by atoms with Gasteiger partial charge in [-0.3, -0.25) is 4.90 Å². The number of likely N-dealkylation sites (tertiary alicyclic amines) is 1. The van der Waals surface area contributed by atoms with Gasteiger partial charge in [-0.15, -0.1) is 0 Å². The second kappa shape index (κ2) is 7.05. The van der Waals surface area contributed by atoms with Crippen LogP contribution in [0.1, 0.15) is 24.6 Å². The summed E-state index contributed by atoms with van der Waals surface area (Å²) in [5.74, 6) is 0.783. The molecular formula is C16H19ClN2O3S. The molecule has 1 aliphatic heterocycles. The highest BCUT2D eigenvalue weighted by Crippen LogP contribution is 2.25. The maximum absolute atomic E-state index is 12.4. The Hall–Kier alpha value is -1.34. The minimum absolute atomic E-state index is 0.0884. The summed E-state index contributed by atoms with van der Waals surface area (Å²) in [5, 5.41) is 0.509. The van der Waals surface area contributed by atoms with E-state index in [4.69, 9.17) is 16.0 Å². The van der Waals surface area contributed by atoms with E-state index < -0.39 is 10.0 Å². The van der Waals surface area contributed by atoms with Gasteiger partial charge in [0.2, 0.25) is 10.0 Å². The third-order valence-corrected chi connectivity index (χ3v) is 5.74. The standard InChI is InChI=1S/C16H19ClN2O3S/c17-13-5-7-14(8-6-13)23(20,21)18-12-15(16-4-3-11-22-16)19-9-1-2-10-19/h3-8,11,15,18H,1-2,9-10,12H2/t15-/m0/s1. The molecule has 2 aromatic rings. The van der Waals surface area contributed by atoms with Gasteiger partial charge in [0.1, 0.15) is 5.76 Å². The van der Waals surface area contributed by atoms with Crippen molar-refractivity contribution in [2.24, 2.45) is 0 Å². The fourth-order valence-electron chi connectivity index (χ4n) is 2.83. The van der Waals surface area contributed by atoms with Crippen LogP contribution in [0.15, 0.2) is 52.0 Å². The van der Waals surface area contributed by atoms with E-state index in [1.165, 1.54) is 12.1 Å². The maximum Gasteiger partial charge on any atom is 0.240 e. The summed E-state index contributed by atoms with van der Waals surface area (Å²) < 4.78 is 33.0. The Kier molecular flexibility index (Phi) is 5.06. The van der Waals surface area contributed by atoms with Crippen molar-refractivity contribution in [1.82, 2.24) is 9.62 Å². The van der Waals surface area contributed by atoms with E-state index in [-0.39, 0.29) is 17.5 Å². The molecule has 0 bridgehead atoms. The number of halogens is 1. The number of rotatable bonds is 6. The summed E-state index contributed by atoms with van der Waals surface area (Å²) >= 11 is 5.81. The Morgan fingerprint density at radius 3 is 2.48 bits per heavy atom. The smallest absolute Gasteiger partial charge is 0.240 e. The summed E-state index contributed by atoms with van der Waals surface area (Å²) in [6.07, 6.45) is 3.87. The lowest BCUT2D eigenvalue weighted by Gasteiger charge is -2.25. The topological polar surface area (TPSA) is 62.6 Å². The molecule has 0 spiro atoms. The van der Waals surface area contributed by atoms with E-state index in [0.717, 1.165) is 31.7 Å². The molecule has 5 nitrogen and oxygen atoms in total. The Morgan fingerprint density at radius 2 is 1.87 bits per heavy atom. The van der Waals surface area contributed by atoms with Gasteiger partial charge in [-0.2, -0.15) is 0 Å². The maximum atomic E-state index is 12.4. The van der Waals surface area contributed by atoms with Crippen LogP contribution in [0.5, 0.6) is 0 Å². The second-order valence-corrected chi connectivity index (χ2v) is 7.78. The van der Waals surface area contributed by atoms with Crippen molar-refractivity contribution in [3.05, 3.63) is 53.4 Å². The van der Waals surface area contributed by atoms with Gasteiger partial charge >= 0.3 is 0 Å². The van der Waals surface area contributed by atoms with Crippen molar-refractivity contribution in [2.45, 2.75) is 23.8 Å². The van der Waals surface area contributed by atoms with Gasteiger partial charge in [-0.1, -0.05) is 11.6 Å². The van der Waals surface area contributed by atoms with Crippen LogP contribution in [-0.2, 0) is 10.0 Å². The van der Waals surface area contributed by atoms with E-state index >= 15 is 0 Å². The van der Waals surface area contributed by atoms with Gasteiger partial charge in [0.15, 0.2) is 0 Å². The molecule has 2 heterocycles. The lowest BCUT2D eigenvalue weighted by Crippen LogP contribution is -2.36. The molecule has 0 aliphatic carbocycles. The van der Waals surface area contributed by atoms with Gasteiger partial charge in [-0.05, 0) is 62.3 Å². The normalized spacial score (nSPS) is 17.4. The van der Waals surface area contributed by atoms with Gasteiger partial charge in [-0.25, -0.2) is 13.1 Å². The van der Waals surface area contributed by atoms with Crippen LogP contribution in [0.3, 0.4) is 0 Å². The highest BCUT2D eigenvalue weighted by Gasteiger charge is 2.27. The first-order valence-electron chi connectivity index (χ1n) is 7.59. The SMILES string of the molecule is O=S(=O)(NC[C@@H](c1ccco1)N1CCCC1)c1ccc(Cl)cc1. The third-order valence-electron chi connectivity index (χ3n) is 4.04. The molecule has 1 atom stereocenters. The number of benzene rings is 1. The molecule has 3 rings (SSSR count). The number of furan rings is 1. The largest absolute Gasteiger partial charge is 0.468 e. The summed E-state index contributed by atoms with van der Waals surface area (Å²) in [4.78, 5) is 2.46. The zero-order chi connectivity index (χ0) is 16.3. The lowest BCUT2D eigenvalue weighted by atomic mass is 10.2. The molecule has 0 saturated carbocycles. The van der Waals surface area contributed by atoms with E-state index in [0.29, 0.717) is 5.02 Å². The summed E-state index contributed by atoms with van der Waals surface area (Å²) in [5.41, 5.74) is 0. The van der Waals surface area contributed by atoms with Crippen molar-refractivity contribution in [1.29, 1.82) is 0 Å². The van der Waals surface area contributed by atoms with Crippen LogP contribution in [0.2, 0.25) is 5.02 Å². The summed E-state index contributed by atoms with van der Waals surface area (Å²) in [7, 11) is -3.57. The first-order chi connectivity index (χ1) is 11.1. The molecule has 1 fully saturated rings. The minimum Gasteiger partial charge on any atom is -0.468 e. The van der Waals surface area contributed by atoms with Crippen LogP contribution in [0.25, 0.3) is 0 Å². The average molecular weight is 355 g/mol. The molecule has 124 valence electrons. The Morgan fingerprint density at radius 1 is 1.17 bits per heavy atom. The van der Waals surface area contributed by atoms with Crippen LogP contribution < -0.4 is 4.72 Å². The van der Waals surface area contributed by atoms with Gasteiger partial charge in [0, 0.05) is 11.6 Å². The van der Waals surface area contributed by atoms with Crippen molar-refractivity contribution >= 4 is 21.6 Å². The molecule has 7 heteroatoms. The van der Waals surface area contributed by atoms with Gasteiger partial charge in [0.05, 0.1) is 17.2 Å². The third kappa shape index (κ3) is 3.95. The fourth-order valence-corrected chi connectivity index (χ4v) is 3.99. The number of sulfonamides is 1.